The zero-order valence-corrected chi connectivity index (χ0v) is 11.2. The zero-order valence-electron chi connectivity index (χ0n) is 9.67. The van der Waals surface area contributed by atoms with Gasteiger partial charge in [-0.25, -0.2) is 13.1 Å². The summed E-state index contributed by atoms with van der Waals surface area (Å²) in [5.74, 6) is 0.514. The maximum absolute atomic E-state index is 11.9. The SMILES string of the molecule is O=Cc1ccc(CNS(=O)(=O)c2ccc(Cl)cc2)o1. The summed E-state index contributed by atoms with van der Waals surface area (Å²) >= 11 is 5.69. The second-order valence-electron chi connectivity index (χ2n) is 3.70. The Morgan fingerprint density at radius 2 is 1.84 bits per heavy atom. The van der Waals surface area contributed by atoms with E-state index in [9.17, 15) is 13.2 Å². The van der Waals surface area contributed by atoms with Crippen molar-refractivity contribution in [3.8, 4) is 0 Å². The molecule has 19 heavy (non-hydrogen) atoms. The number of benzene rings is 1. The lowest BCUT2D eigenvalue weighted by Gasteiger charge is -2.05. The third-order valence-corrected chi connectivity index (χ3v) is 4.03. The lowest BCUT2D eigenvalue weighted by molar-refractivity contribution is 0.109. The van der Waals surface area contributed by atoms with Crippen LogP contribution in [0.2, 0.25) is 5.02 Å². The van der Waals surface area contributed by atoms with Gasteiger partial charge in [0.1, 0.15) is 5.76 Å². The Hall–Kier alpha value is -1.63. The smallest absolute Gasteiger partial charge is 0.240 e. The average Bonchev–Trinajstić information content (AvgIpc) is 2.85. The highest BCUT2D eigenvalue weighted by Crippen LogP contribution is 2.14. The van der Waals surface area contributed by atoms with E-state index in [0.29, 0.717) is 17.1 Å². The Kier molecular flexibility index (Phi) is 4.04. The highest BCUT2D eigenvalue weighted by atomic mass is 35.5. The molecule has 1 aromatic carbocycles. The number of carbonyl (C=O) groups is 1. The van der Waals surface area contributed by atoms with Crippen LogP contribution in [0, 0.1) is 0 Å². The van der Waals surface area contributed by atoms with E-state index < -0.39 is 10.0 Å². The fourth-order valence-electron chi connectivity index (χ4n) is 1.42. The molecule has 0 saturated heterocycles. The maximum atomic E-state index is 11.9. The average molecular weight is 300 g/mol. The van der Waals surface area contributed by atoms with E-state index in [2.05, 4.69) is 4.72 Å². The molecule has 1 N–H and O–H groups in total. The molecule has 7 heteroatoms. The van der Waals surface area contributed by atoms with Crippen molar-refractivity contribution in [3.05, 3.63) is 52.9 Å². The van der Waals surface area contributed by atoms with E-state index in [-0.39, 0.29) is 17.2 Å². The lowest BCUT2D eigenvalue weighted by atomic mass is 10.4. The number of carbonyl (C=O) groups excluding carboxylic acids is 1. The number of hydrogen-bond acceptors (Lipinski definition) is 4. The van der Waals surface area contributed by atoms with Gasteiger partial charge < -0.3 is 4.42 Å². The fourth-order valence-corrected chi connectivity index (χ4v) is 2.54. The van der Waals surface area contributed by atoms with E-state index in [1.54, 1.807) is 0 Å². The second-order valence-corrected chi connectivity index (χ2v) is 5.90. The molecule has 0 bridgehead atoms. The van der Waals surface area contributed by atoms with Crippen molar-refractivity contribution in [2.24, 2.45) is 0 Å². The van der Waals surface area contributed by atoms with Crippen LogP contribution in [0.3, 0.4) is 0 Å². The molecule has 0 spiro atoms. The van der Waals surface area contributed by atoms with E-state index in [4.69, 9.17) is 16.0 Å². The van der Waals surface area contributed by atoms with Crippen LogP contribution in [0.25, 0.3) is 0 Å². The number of rotatable bonds is 5. The molecule has 0 aliphatic carbocycles. The fraction of sp³-hybridized carbons (Fsp3) is 0.0833. The van der Waals surface area contributed by atoms with Crippen molar-refractivity contribution in [1.82, 2.24) is 4.72 Å². The minimum Gasteiger partial charge on any atom is -0.457 e. The Bertz CT molecular complexity index is 676. The Morgan fingerprint density at radius 3 is 2.42 bits per heavy atom. The lowest BCUT2D eigenvalue weighted by Crippen LogP contribution is -2.22. The Labute approximate surface area is 115 Å². The quantitative estimate of drug-likeness (QED) is 0.859. The van der Waals surface area contributed by atoms with Crippen molar-refractivity contribution in [3.63, 3.8) is 0 Å². The van der Waals surface area contributed by atoms with Crippen LogP contribution >= 0.6 is 11.6 Å². The van der Waals surface area contributed by atoms with Crippen molar-refractivity contribution in [1.29, 1.82) is 0 Å². The van der Waals surface area contributed by atoms with Crippen LogP contribution in [0.1, 0.15) is 16.3 Å². The van der Waals surface area contributed by atoms with Crippen molar-refractivity contribution >= 4 is 27.9 Å². The number of halogens is 1. The Morgan fingerprint density at radius 1 is 1.16 bits per heavy atom. The zero-order chi connectivity index (χ0) is 13.9. The molecular weight excluding hydrogens is 290 g/mol. The minimum atomic E-state index is -3.63. The number of furan rings is 1. The van der Waals surface area contributed by atoms with E-state index >= 15 is 0 Å². The highest BCUT2D eigenvalue weighted by molar-refractivity contribution is 7.89. The summed E-state index contributed by atoms with van der Waals surface area (Å²) in [5.41, 5.74) is 0. The van der Waals surface area contributed by atoms with Gasteiger partial charge in [-0.15, -0.1) is 0 Å². The molecule has 1 aromatic heterocycles. The largest absolute Gasteiger partial charge is 0.457 e. The number of aldehydes is 1. The summed E-state index contributed by atoms with van der Waals surface area (Å²) in [5, 5.41) is 0.459. The van der Waals surface area contributed by atoms with Crippen LogP contribution in [0.5, 0.6) is 0 Å². The molecule has 1 heterocycles. The van der Waals surface area contributed by atoms with Crippen LogP contribution in [0.4, 0.5) is 0 Å². The van der Waals surface area contributed by atoms with Gasteiger partial charge in [-0.05, 0) is 36.4 Å². The van der Waals surface area contributed by atoms with Gasteiger partial charge in [0.25, 0.3) is 0 Å². The number of hydrogen-bond donors (Lipinski definition) is 1. The molecular formula is C12H10ClNO4S. The van der Waals surface area contributed by atoms with Crippen LogP contribution in [-0.4, -0.2) is 14.7 Å². The topological polar surface area (TPSA) is 76.4 Å². The van der Waals surface area contributed by atoms with Gasteiger partial charge in [-0.3, -0.25) is 4.79 Å². The first kappa shape index (κ1) is 13.8. The summed E-state index contributed by atoms with van der Waals surface area (Å²) in [7, 11) is -3.63. The first-order valence-corrected chi connectivity index (χ1v) is 7.16. The Balaban J connectivity index is 2.09. The minimum absolute atomic E-state index is 0.0290. The summed E-state index contributed by atoms with van der Waals surface area (Å²) < 4.78 is 31.3. The van der Waals surface area contributed by atoms with Crippen LogP contribution < -0.4 is 4.72 Å². The number of sulfonamides is 1. The molecule has 0 unspecified atom stereocenters. The van der Waals surface area contributed by atoms with Gasteiger partial charge in [0.2, 0.25) is 10.0 Å². The predicted octanol–water partition coefficient (Wildman–Crippen LogP) is 2.22. The van der Waals surface area contributed by atoms with Gasteiger partial charge >= 0.3 is 0 Å². The van der Waals surface area contributed by atoms with Gasteiger partial charge in [0, 0.05) is 5.02 Å². The standard InChI is InChI=1S/C12H10ClNO4S/c13-9-1-5-12(6-2-9)19(16,17)14-7-10-3-4-11(8-15)18-10/h1-6,8,14H,7H2. The second kappa shape index (κ2) is 5.56. The van der Waals surface area contributed by atoms with E-state index in [0.717, 1.165) is 0 Å². The molecule has 5 nitrogen and oxygen atoms in total. The van der Waals surface area contributed by atoms with Gasteiger partial charge in [0.05, 0.1) is 11.4 Å². The summed E-state index contributed by atoms with van der Waals surface area (Å²) in [4.78, 5) is 10.5. The molecule has 0 radical (unpaired) electrons. The maximum Gasteiger partial charge on any atom is 0.240 e. The first-order valence-electron chi connectivity index (χ1n) is 5.30. The molecule has 2 aromatic rings. The van der Waals surface area contributed by atoms with Crippen molar-refractivity contribution in [2.75, 3.05) is 0 Å². The molecule has 0 amide bonds. The highest BCUT2D eigenvalue weighted by Gasteiger charge is 2.14. The third-order valence-electron chi connectivity index (χ3n) is 2.36. The van der Waals surface area contributed by atoms with Crippen LogP contribution in [-0.2, 0) is 16.6 Å². The first-order chi connectivity index (χ1) is 9.01. The molecule has 0 atom stereocenters. The molecule has 2 rings (SSSR count). The van der Waals surface area contributed by atoms with Gasteiger partial charge in [0.15, 0.2) is 12.0 Å². The third kappa shape index (κ3) is 3.44. The molecule has 0 fully saturated rings. The van der Waals surface area contributed by atoms with E-state index in [1.807, 2.05) is 0 Å². The summed E-state index contributed by atoms with van der Waals surface area (Å²) in [6.07, 6.45) is 0.553. The molecule has 0 saturated carbocycles. The predicted molar refractivity (Wildman–Crippen MR) is 69.6 cm³/mol. The van der Waals surface area contributed by atoms with Crippen molar-refractivity contribution in [2.45, 2.75) is 11.4 Å². The van der Waals surface area contributed by atoms with Crippen molar-refractivity contribution < 1.29 is 17.6 Å². The molecule has 0 aliphatic rings. The van der Waals surface area contributed by atoms with E-state index in [1.165, 1.54) is 36.4 Å². The molecule has 0 aliphatic heterocycles. The van der Waals surface area contributed by atoms with Gasteiger partial charge in [-0.2, -0.15) is 0 Å². The monoisotopic (exact) mass is 299 g/mol. The number of nitrogens with one attached hydrogen (secondary N) is 1. The summed E-state index contributed by atoms with van der Waals surface area (Å²) in [6.45, 7) is -0.0290. The van der Waals surface area contributed by atoms with Crippen LogP contribution in [0.15, 0.2) is 45.7 Å². The van der Waals surface area contributed by atoms with Gasteiger partial charge in [-0.1, -0.05) is 11.6 Å². The summed E-state index contributed by atoms with van der Waals surface area (Å²) in [6, 6.07) is 8.81. The molecule has 100 valence electrons. The normalized spacial score (nSPS) is 11.4.